The Morgan fingerprint density at radius 3 is 1.88 bits per heavy atom. The number of nitrogens with one attached hydrogen (secondary N) is 2. The van der Waals surface area contributed by atoms with E-state index in [1.54, 1.807) is 75.9 Å². The molecule has 3 rings (SSSR count). The molecule has 0 fully saturated rings. The van der Waals surface area contributed by atoms with Crippen molar-refractivity contribution in [2.45, 2.75) is 4.90 Å². The summed E-state index contributed by atoms with van der Waals surface area (Å²) in [6.07, 6.45) is 0. The van der Waals surface area contributed by atoms with E-state index in [1.165, 1.54) is 11.8 Å². The number of hydrogen-bond acceptors (Lipinski definition) is 6. The molecule has 0 atom stereocenters. The van der Waals surface area contributed by atoms with Crippen molar-refractivity contribution in [1.29, 1.82) is 0 Å². The van der Waals surface area contributed by atoms with Gasteiger partial charge in [-0.15, -0.1) is 11.8 Å². The Labute approximate surface area is 191 Å². The van der Waals surface area contributed by atoms with E-state index in [-0.39, 0.29) is 17.6 Å². The zero-order chi connectivity index (χ0) is 22.9. The first-order valence-corrected chi connectivity index (χ1v) is 10.7. The molecule has 3 aromatic carbocycles. The van der Waals surface area contributed by atoms with Crippen molar-refractivity contribution in [3.63, 3.8) is 0 Å². The van der Waals surface area contributed by atoms with Gasteiger partial charge < -0.3 is 24.8 Å². The van der Waals surface area contributed by atoms with Crippen molar-refractivity contribution in [3.05, 3.63) is 72.3 Å². The topological polar surface area (TPSA) is 85.9 Å². The molecule has 0 aromatic heterocycles. The molecule has 0 heterocycles. The molecule has 8 heteroatoms. The van der Waals surface area contributed by atoms with Gasteiger partial charge in [-0.2, -0.15) is 0 Å². The Bertz CT molecular complexity index is 1050. The van der Waals surface area contributed by atoms with Gasteiger partial charge in [0.1, 0.15) is 17.2 Å². The second-order valence-corrected chi connectivity index (χ2v) is 7.69. The zero-order valence-electron chi connectivity index (χ0n) is 18.0. The van der Waals surface area contributed by atoms with E-state index >= 15 is 0 Å². The predicted molar refractivity (Wildman–Crippen MR) is 126 cm³/mol. The summed E-state index contributed by atoms with van der Waals surface area (Å²) < 4.78 is 15.5. The first-order valence-electron chi connectivity index (χ1n) is 9.72. The Balaban J connectivity index is 1.52. The van der Waals surface area contributed by atoms with Crippen LogP contribution in [0.1, 0.15) is 10.4 Å². The Morgan fingerprint density at radius 1 is 0.719 bits per heavy atom. The van der Waals surface area contributed by atoms with Crippen LogP contribution in [0, 0.1) is 0 Å². The summed E-state index contributed by atoms with van der Waals surface area (Å²) >= 11 is 1.39. The molecular weight excluding hydrogens is 428 g/mol. The highest BCUT2D eigenvalue weighted by Gasteiger charge is 2.09. The van der Waals surface area contributed by atoms with Crippen LogP contribution in [0.4, 0.5) is 11.4 Å². The van der Waals surface area contributed by atoms with Crippen LogP contribution in [0.2, 0.25) is 0 Å². The standard InChI is InChI=1S/C24H24N2O5S/c1-29-19-8-4-16(5-9-19)24(28)26-17-6-10-22(11-7-17)32-15-23(27)25-18-12-20(30-2)14-21(13-18)31-3/h4-14H,15H2,1-3H3,(H,25,27)(H,26,28). The molecule has 2 amide bonds. The lowest BCUT2D eigenvalue weighted by molar-refractivity contribution is -0.113. The van der Waals surface area contributed by atoms with E-state index in [9.17, 15) is 9.59 Å². The number of thioether (sulfide) groups is 1. The van der Waals surface area contributed by atoms with Crippen LogP contribution in [-0.4, -0.2) is 38.9 Å². The highest BCUT2D eigenvalue weighted by molar-refractivity contribution is 8.00. The van der Waals surface area contributed by atoms with Gasteiger partial charge in [-0.05, 0) is 48.5 Å². The molecule has 166 valence electrons. The van der Waals surface area contributed by atoms with Gasteiger partial charge in [0.05, 0.1) is 27.1 Å². The van der Waals surface area contributed by atoms with Crippen LogP contribution in [0.5, 0.6) is 17.2 Å². The summed E-state index contributed by atoms with van der Waals surface area (Å²) in [6, 6.07) is 19.4. The number of rotatable bonds is 9. The molecule has 0 bridgehead atoms. The molecule has 0 saturated heterocycles. The Hall–Kier alpha value is -3.65. The smallest absolute Gasteiger partial charge is 0.255 e. The first-order chi connectivity index (χ1) is 15.5. The van der Waals surface area contributed by atoms with Gasteiger partial charge in [0.2, 0.25) is 5.91 Å². The second-order valence-electron chi connectivity index (χ2n) is 6.65. The average Bonchev–Trinajstić information content (AvgIpc) is 2.83. The fraction of sp³-hybridized carbons (Fsp3) is 0.167. The fourth-order valence-corrected chi connectivity index (χ4v) is 3.50. The van der Waals surface area contributed by atoms with Crippen molar-refractivity contribution in [2.24, 2.45) is 0 Å². The highest BCUT2D eigenvalue weighted by Crippen LogP contribution is 2.26. The minimum absolute atomic E-state index is 0.151. The van der Waals surface area contributed by atoms with Gasteiger partial charge in [0.25, 0.3) is 5.91 Å². The molecule has 0 unspecified atom stereocenters. The average molecular weight is 453 g/mol. The number of methoxy groups -OCH3 is 3. The molecule has 32 heavy (non-hydrogen) atoms. The van der Waals surface area contributed by atoms with Gasteiger partial charge in [-0.1, -0.05) is 0 Å². The Morgan fingerprint density at radius 2 is 1.31 bits per heavy atom. The molecule has 7 nitrogen and oxygen atoms in total. The second kappa shape index (κ2) is 11.1. The van der Waals surface area contributed by atoms with Gasteiger partial charge in [0, 0.05) is 40.0 Å². The molecule has 2 N–H and O–H groups in total. The van der Waals surface area contributed by atoms with E-state index in [0.29, 0.717) is 34.2 Å². The molecule has 3 aromatic rings. The van der Waals surface area contributed by atoms with Gasteiger partial charge in [0.15, 0.2) is 0 Å². The number of hydrogen-bond donors (Lipinski definition) is 2. The summed E-state index contributed by atoms with van der Waals surface area (Å²) in [5, 5.41) is 5.69. The maximum Gasteiger partial charge on any atom is 0.255 e. The number of ether oxygens (including phenoxy) is 3. The quantitative estimate of drug-likeness (QED) is 0.458. The minimum Gasteiger partial charge on any atom is -0.497 e. The van der Waals surface area contributed by atoms with Gasteiger partial charge in [-0.25, -0.2) is 0 Å². The minimum atomic E-state index is -0.207. The molecular formula is C24H24N2O5S. The number of anilines is 2. The fourth-order valence-electron chi connectivity index (χ4n) is 2.81. The van der Waals surface area contributed by atoms with Gasteiger partial charge >= 0.3 is 0 Å². The van der Waals surface area contributed by atoms with Crippen LogP contribution in [0.25, 0.3) is 0 Å². The number of amides is 2. The molecule has 0 spiro atoms. The summed E-state index contributed by atoms with van der Waals surface area (Å²) in [6.45, 7) is 0. The third-order valence-corrected chi connectivity index (χ3v) is 5.48. The third-order valence-electron chi connectivity index (χ3n) is 4.47. The van der Waals surface area contributed by atoms with Crippen molar-refractivity contribution in [1.82, 2.24) is 0 Å². The molecule has 0 aliphatic heterocycles. The van der Waals surface area contributed by atoms with E-state index in [2.05, 4.69) is 10.6 Å². The summed E-state index contributed by atoms with van der Waals surface area (Å²) in [5.41, 5.74) is 1.81. The summed E-state index contributed by atoms with van der Waals surface area (Å²) in [7, 11) is 4.69. The summed E-state index contributed by atoms with van der Waals surface area (Å²) in [4.78, 5) is 25.6. The molecule has 0 saturated carbocycles. The largest absolute Gasteiger partial charge is 0.497 e. The van der Waals surface area contributed by atoms with Crippen molar-refractivity contribution >= 4 is 35.0 Å². The van der Waals surface area contributed by atoms with Crippen molar-refractivity contribution in [2.75, 3.05) is 37.7 Å². The van der Waals surface area contributed by atoms with Crippen LogP contribution in [0.15, 0.2) is 71.6 Å². The van der Waals surface area contributed by atoms with E-state index in [1.807, 2.05) is 12.1 Å². The SMILES string of the molecule is COc1ccc(C(=O)Nc2ccc(SCC(=O)Nc3cc(OC)cc(OC)c3)cc2)cc1. The van der Waals surface area contributed by atoms with Gasteiger partial charge in [-0.3, -0.25) is 9.59 Å². The predicted octanol–water partition coefficient (Wildman–Crippen LogP) is 4.70. The monoisotopic (exact) mass is 452 g/mol. The normalized spacial score (nSPS) is 10.2. The van der Waals surface area contributed by atoms with Crippen LogP contribution in [-0.2, 0) is 4.79 Å². The highest BCUT2D eigenvalue weighted by atomic mass is 32.2. The maximum absolute atomic E-state index is 12.4. The molecule has 0 radical (unpaired) electrons. The van der Waals surface area contributed by atoms with Crippen LogP contribution < -0.4 is 24.8 Å². The lowest BCUT2D eigenvalue weighted by atomic mass is 10.2. The van der Waals surface area contributed by atoms with Crippen LogP contribution >= 0.6 is 11.8 Å². The Kier molecular flexibility index (Phi) is 7.99. The molecule has 0 aliphatic carbocycles. The lowest BCUT2D eigenvalue weighted by Crippen LogP contribution is -2.14. The molecule has 0 aliphatic rings. The van der Waals surface area contributed by atoms with E-state index in [4.69, 9.17) is 14.2 Å². The number of carbonyl (C=O) groups is 2. The summed E-state index contributed by atoms with van der Waals surface area (Å²) in [5.74, 6) is 1.76. The van der Waals surface area contributed by atoms with Crippen molar-refractivity contribution in [3.8, 4) is 17.2 Å². The number of benzene rings is 3. The number of carbonyl (C=O) groups excluding carboxylic acids is 2. The first kappa shape index (κ1) is 23.0. The van der Waals surface area contributed by atoms with Crippen LogP contribution in [0.3, 0.4) is 0 Å². The lowest BCUT2D eigenvalue weighted by Gasteiger charge is -2.10. The van der Waals surface area contributed by atoms with E-state index in [0.717, 1.165) is 4.90 Å². The zero-order valence-corrected chi connectivity index (χ0v) is 18.8. The third kappa shape index (κ3) is 6.42. The maximum atomic E-state index is 12.4. The van der Waals surface area contributed by atoms with Crippen molar-refractivity contribution < 1.29 is 23.8 Å². The van der Waals surface area contributed by atoms with E-state index < -0.39 is 0 Å².